The molecule has 0 aliphatic carbocycles. The zero-order chi connectivity index (χ0) is 10.9. The van der Waals surface area contributed by atoms with E-state index in [1.807, 2.05) is 16.8 Å². The molecule has 0 radical (unpaired) electrons. The van der Waals surface area contributed by atoms with Crippen molar-refractivity contribution in [3.05, 3.63) is 22.4 Å². The van der Waals surface area contributed by atoms with Crippen LogP contribution in [-0.4, -0.2) is 31.4 Å². The van der Waals surface area contributed by atoms with Crippen LogP contribution in [0.1, 0.15) is 25.0 Å². The summed E-state index contributed by atoms with van der Waals surface area (Å²) in [6.07, 6.45) is 0.653. The van der Waals surface area contributed by atoms with Gasteiger partial charge in [-0.3, -0.25) is 0 Å². The first kappa shape index (κ1) is 12.6. The normalized spacial score (nSPS) is 12.9. The van der Waals surface area contributed by atoms with Crippen LogP contribution in [0.2, 0.25) is 0 Å². The summed E-state index contributed by atoms with van der Waals surface area (Å²) in [7, 11) is 0. The van der Waals surface area contributed by atoms with Crippen molar-refractivity contribution in [3.8, 4) is 0 Å². The summed E-state index contributed by atoms with van der Waals surface area (Å²) in [5, 5.41) is 16.8. The summed E-state index contributed by atoms with van der Waals surface area (Å²) in [5.41, 5.74) is 0.988. The van der Waals surface area contributed by atoms with Crippen LogP contribution in [0.25, 0.3) is 0 Å². The Kier molecular flexibility index (Phi) is 6.59. The Morgan fingerprint density at radius 2 is 2.40 bits per heavy atom. The van der Waals surface area contributed by atoms with E-state index in [2.05, 4.69) is 12.2 Å². The highest BCUT2D eigenvalue weighted by Crippen LogP contribution is 2.14. The fourth-order valence-electron chi connectivity index (χ4n) is 1.21. The van der Waals surface area contributed by atoms with Gasteiger partial charge in [0.25, 0.3) is 0 Å². The van der Waals surface area contributed by atoms with Crippen LogP contribution in [0.15, 0.2) is 16.8 Å². The molecule has 15 heavy (non-hydrogen) atoms. The SMILES string of the molecule is CCCOCCNCC(O)c1ccsc1. The molecule has 1 aromatic rings. The number of ether oxygens (including phenoxy) is 1. The smallest absolute Gasteiger partial charge is 0.0922 e. The number of aliphatic hydroxyl groups is 1. The molecular weight excluding hydrogens is 210 g/mol. The lowest BCUT2D eigenvalue weighted by molar-refractivity contribution is 0.128. The van der Waals surface area contributed by atoms with Crippen molar-refractivity contribution < 1.29 is 9.84 Å². The molecule has 0 amide bonds. The fourth-order valence-corrected chi connectivity index (χ4v) is 1.92. The second-order valence-electron chi connectivity index (χ2n) is 3.39. The predicted octanol–water partition coefficient (Wildman–Crippen LogP) is 1.80. The highest BCUT2D eigenvalue weighted by Gasteiger charge is 2.06. The lowest BCUT2D eigenvalue weighted by atomic mass is 10.2. The maximum absolute atomic E-state index is 9.72. The first-order valence-electron chi connectivity index (χ1n) is 5.33. The highest BCUT2D eigenvalue weighted by molar-refractivity contribution is 7.07. The van der Waals surface area contributed by atoms with Crippen LogP contribution in [0.5, 0.6) is 0 Å². The second kappa shape index (κ2) is 7.82. The van der Waals surface area contributed by atoms with E-state index in [1.165, 1.54) is 0 Å². The van der Waals surface area contributed by atoms with Crippen molar-refractivity contribution in [2.45, 2.75) is 19.4 Å². The van der Waals surface area contributed by atoms with Gasteiger partial charge in [-0.1, -0.05) is 6.92 Å². The number of rotatable bonds is 8. The Balaban J connectivity index is 2.00. The molecule has 3 nitrogen and oxygen atoms in total. The molecule has 0 spiro atoms. The molecule has 0 bridgehead atoms. The minimum atomic E-state index is -0.401. The Bertz CT molecular complexity index is 239. The van der Waals surface area contributed by atoms with Gasteiger partial charge in [-0.15, -0.1) is 0 Å². The Morgan fingerprint density at radius 1 is 1.53 bits per heavy atom. The van der Waals surface area contributed by atoms with Crippen molar-refractivity contribution in [1.29, 1.82) is 0 Å². The van der Waals surface area contributed by atoms with Gasteiger partial charge in [-0.2, -0.15) is 11.3 Å². The van der Waals surface area contributed by atoms with Crippen molar-refractivity contribution >= 4 is 11.3 Å². The standard InChI is InChI=1S/C11H19NO2S/c1-2-5-14-6-4-12-8-11(13)10-3-7-15-9-10/h3,7,9,11-13H,2,4-6,8H2,1H3. The maximum Gasteiger partial charge on any atom is 0.0922 e. The topological polar surface area (TPSA) is 41.5 Å². The van der Waals surface area contributed by atoms with E-state index in [0.29, 0.717) is 13.2 Å². The molecule has 0 fully saturated rings. The van der Waals surface area contributed by atoms with E-state index in [4.69, 9.17) is 4.74 Å². The van der Waals surface area contributed by atoms with E-state index in [9.17, 15) is 5.11 Å². The zero-order valence-electron chi connectivity index (χ0n) is 9.11. The average molecular weight is 229 g/mol. The van der Waals surface area contributed by atoms with Crippen molar-refractivity contribution in [3.63, 3.8) is 0 Å². The van der Waals surface area contributed by atoms with Gasteiger partial charge in [0.05, 0.1) is 12.7 Å². The third-order valence-electron chi connectivity index (χ3n) is 2.04. The van der Waals surface area contributed by atoms with Crippen LogP contribution in [0, 0.1) is 0 Å². The van der Waals surface area contributed by atoms with Crippen LogP contribution in [0.3, 0.4) is 0 Å². The van der Waals surface area contributed by atoms with Gasteiger partial charge in [-0.25, -0.2) is 0 Å². The van der Waals surface area contributed by atoms with Crippen molar-refractivity contribution in [2.24, 2.45) is 0 Å². The molecule has 0 aliphatic rings. The van der Waals surface area contributed by atoms with Gasteiger partial charge in [0.2, 0.25) is 0 Å². The Morgan fingerprint density at radius 3 is 3.07 bits per heavy atom. The fraction of sp³-hybridized carbons (Fsp3) is 0.636. The average Bonchev–Trinajstić information content (AvgIpc) is 2.76. The molecule has 1 heterocycles. The molecule has 2 N–H and O–H groups in total. The monoisotopic (exact) mass is 229 g/mol. The second-order valence-corrected chi connectivity index (χ2v) is 4.17. The summed E-state index contributed by atoms with van der Waals surface area (Å²) >= 11 is 1.61. The molecule has 1 unspecified atom stereocenters. The molecule has 1 rings (SSSR count). The van der Waals surface area contributed by atoms with Crippen LogP contribution >= 0.6 is 11.3 Å². The van der Waals surface area contributed by atoms with Gasteiger partial charge in [0, 0.05) is 19.7 Å². The minimum Gasteiger partial charge on any atom is -0.387 e. The van der Waals surface area contributed by atoms with Gasteiger partial charge in [0.1, 0.15) is 0 Å². The Labute approximate surface area is 95.1 Å². The van der Waals surface area contributed by atoms with Gasteiger partial charge < -0.3 is 15.2 Å². The maximum atomic E-state index is 9.72. The number of nitrogens with one attached hydrogen (secondary N) is 1. The quantitative estimate of drug-likeness (QED) is 0.668. The summed E-state index contributed by atoms with van der Waals surface area (Å²) in [6, 6.07) is 1.95. The molecular formula is C11H19NO2S. The summed E-state index contributed by atoms with van der Waals surface area (Å²) in [6.45, 7) is 5.00. The number of hydrogen-bond acceptors (Lipinski definition) is 4. The van der Waals surface area contributed by atoms with Gasteiger partial charge >= 0.3 is 0 Å². The van der Waals surface area contributed by atoms with E-state index >= 15 is 0 Å². The molecule has 0 aromatic carbocycles. The third kappa shape index (κ3) is 5.28. The van der Waals surface area contributed by atoms with E-state index in [0.717, 1.165) is 25.1 Å². The molecule has 4 heteroatoms. The summed E-state index contributed by atoms with van der Waals surface area (Å²) in [5.74, 6) is 0. The van der Waals surface area contributed by atoms with Crippen LogP contribution in [0.4, 0.5) is 0 Å². The van der Waals surface area contributed by atoms with Crippen LogP contribution < -0.4 is 5.32 Å². The molecule has 0 saturated carbocycles. The lowest BCUT2D eigenvalue weighted by Crippen LogP contribution is -2.25. The van der Waals surface area contributed by atoms with E-state index in [-0.39, 0.29) is 0 Å². The Hall–Kier alpha value is -0.420. The number of aliphatic hydroxyl groups excluding tert-OH is 1. The largest absolute Gasteiger partial charge is 0.387 e. The lowest BCUT2D eigenvalue weighted by Gasteiger charge is -2.10. The van der Waals surface area contributed by atoms with Crippen LogP contribution in [-0.2, 0) is 4.74 Å². The van der Waals surface area contributed by atoms with E-state index in [1.54, 1.807) is 11.3 Å². The molecule has 86 valence electrons. The van der Waals surface area contributed by atoms with Crippen molar-refractivity contribution in [1.82, 2.24) is 5.32 Å². The molecule has 1 aromatic heterocycles. The summed E-state index contributed by atoms with van der Waals surface area (Å²) < 4.78 is 5.31. The minimum absolute atomic E-state index is 0.401. The number of thiophene rings is 1. The van der Waals surface area contributed by atoms with Gasteiger partial charge in [-0.05, 0) is 28.8 Å². The molecule has 1 atom stereocenters. The summed E-state index contributed by atoms with van der Waals surface area (Å²) in [4.78, 5) is 0. The van der Waals surface area contributed by atoms with E-state index < -0.39 is 6.10 Å². The predicted molar refractivity (Wildman–Crippen MR) is 63.3 cm³/mol. The van der Waals surface area contributed by atoms with Crippen molar-refractivity contribution in [2.75, 3.05) is 26.3 Å². The highest BCUT2D eigenvalue weighted by atomic mass is 32.1. The first-order valence-corrected chi connectivity index (χ1v) is 6.27. The molecule has 0 aliphatic heterocycles. The zero-order valence-corrected chi connectivity index (χ0v) is 9.93. The number of hydrogen-bond donors (Lipinski definition) is 2. The third-order valence-corrected chi connectivity index (χ3v) is 2.74. The molecule has 0 saturated heterocycles. The van der Waals surface area contributed by atoms with Gasteiger partial charge in [0.15, 0.2) is 0 Å². The first-order chi connectivity index (χ1) is 7.34.